The fourth-order valence-corrected chi connectivity index (χ4v) is 0.912. The van der Waals surface area contributed by atoms with E-state index in [0.717, 1.165) is 18.4 Å². The van der Waals surface area contributed by atoms with E-state index >= 15 is 0 Å². The van der Waals surface area contributed by atoms with Crippen LogP contribution in [0.25, 0.3) is 0 Å². The second-order valence-electron chi connectivity index (χ2n) is 2.37. The molecule has 0 atom stereocenters. The van der Waals surface area contributed by atoms with Gasteiger partial charge in [-0.05, 0) is 6.42 Å². The fourth-order valence-electron chi connectivity index (χ4n) is 0.778. The van der Waals surface area contributed by atoms with E-state index in [1.165, 1.54) is 6.08 Å². The van der Waals surface area contributed by atoms with Crippen molar-refractivity contribution in [3.8, 4) is 11.8 Å². The second-order valence-corrected chi connectivity index (χ2v) is 2.75. The van der Waals surface area contributed by atoms with Crippen molar-refractivity contribution in [2.75, 3.05) is 12.5 Å². The Morgan fingerprint density at radius 3 is 3.08 bits per heavy atom. The van der Waals surface area contributed by atoms with E-state index in [1.807, 2.05) is 0 Å². The molecule has 1 aliphatic heterocycles. The first kappa shape index (κ1) is 9.15. The van der Waals surface area contributed by atoms with Crippen molar-refractivity contribution >= 4 is 17.6 Å². The van der Waals surface area contributed by atoms with Gasteiger partial charge in [0, 0.05) is 23.9 Å². The van der Waals surface area contributed by atoms with Crippen molar-refractivity contribution in [1.82, 2.24) is 0 Å². The van der Waals surface area contributed by atoms with Gasteiger partial charge in [-0.1, -0.05) is 11.8 Å². The Morgan fingerprint density at radius 1 is 1.67 bits per heavy atom. The highest BCUT2D eigenvalue weighted by molar-refractivity contribution is 6.17. The minimum Gasteiger partial charge on any atom is -0.457 e. The van der Waals surface area contributed by atoms with E-state index in [0.29, 0.717) is 12.5 Å². The number of hydrogen-bond acceptors (Lipinski definition) is 2. The van der Waals surface area contributed by atoms with Gasteiger partial charge >= 0.3 is 5.97 Å². The van der Waals surface area contributed by atoms with Crippen LogP contribution in [0.2, 0.25) is 0 Å². The molecule has 0 aliphatic carbocycles. The molecule has 0 spiro atoms. The zero-order valence-electron chi connectivity index (χ0n) is 6.60. The quantitative estimate of drug-likeness (QED) is 0.281. The van der Waals surface area contributed by atoms with Crippen LogP contribution in [0.5, 0.6) is 0 Å². The number of halogens is 1. The Hall–Kier alpha value is -0.940. The molecule has 12 heavy (non-hydrogen) atoms. The highest BCUT2D eigenvalue weighted by atomic mass is 35.5. The molecule has 3 heteroatoms. The average molecular weight is 185 g/mol. The van der Waals surface area contributed by atoms with Crippen molar-refractivity contribution < 1.29 is 9.53 Å². The fraction of sp³-hybridized carbons (Fsp3) is 0.444. The molecule has 0 radical (unpaired) electrons. The zero-order chi connectivity index (χ0) is 8.81. The van der Waals surface area contributed by atoms with E-state index in [4.69, 9.17) is 11.6 Å². The summed E-state index contributed by atoms with van der Waals surface area (Å²) in [5.74, 6) is 6.10. The molecular weight excluding hydrogens is 176 g/mol. The third kappa shape index (κ3) is 2.98. The number of alkyl halides is 1. The summed E-state index contributed by atoms with van der Waals surface area (Å²) in [5.41, 5.74) is 0.759. The normalized spacial score (nSPS) is 14.8. The number of hydrogen-bond donors (Lipinski definition) is 0. The largest absolute Gasteiger partial charge is 0.457 e. The molecule has 0 aromatic rings. The summed E-state index contributed by atoms with van der Waals surface area (Å²) in [6, 6.07) is 0. The van der Waals surface area contributed by atoms with Crippen LogP contribution < -0.4 is 0 Å². The van der Waals surface area contributed by atoms with Crippen LogP contribution >= 0.6 is 11.6 Å². The van der Waals surface area contributed by atoms with Gasteiger partial charge in [-0.3, -0.25) is 0 Å². The summed E-state index contributed by atoms with van der Waals surface area (Å²) in [4.78, 5) is 10.6. The van der Waals surface area contributed by atoms with Gasteiger partial charge in [0.05, 0.1) is 0 Å². The van der Waals surface area contributed by atoms with Gasteiger partial charge in [0.1, 0.15) is 6.61 Å². The van der Waals surface area contributed by atoms with Crippen molar-refractivity contribution in [1.29, 1.82) is 0 Å². The molecular formula is C9H9ClO2. The predicted octanol–water partition coefficient (Wildman–Crippen LogP) is 1.49. The lowest BCUT2D eigenvalue weighted by atomic mass is 10.2. The molecule has 1 aliphatic rings. The molecule has 64 valence electrons. The molecule has 0 amide bonds. The second kappa shape index (κ2) is 4.84. The maximum absolute atomic E-state index is 10.6. The molecule has 0 saturated heterocycles. The van der Waals surface area contributed by atoms with Gasteiger partial charge in [0.15, 0.2) is 0 Å². The summed E-state index contributed by atoms with van der Waals surface area (Å²) in [6.45, 7) is 0.326. The first-order valence-electron chi connectivity index (χ1n) is 3.75. The van der Waals surface area contributed by atoms with Crippen molar-refractivity contribution in [3.05, 3.63) is 11.6 Å². The van der Waals surface area contributed by atoms with Gasteiger partial charge < -0.3 is 4.74 Å². The number of cyclic esters (lactones) is 1. The lowest BCUT2D eigenvalue weighted by Crippen LogP contribution is -1.90. The van der Waals surface area contributed by atoms with Gasteiger partial charge in [-0.15, -0.1) is 11.6 Å². The molecule has 0 aromatic carbocycles. The summed E-state index contributed by atoms with van der Waals surface area (Å²) in [6.07, 6.45) is 3.08. The first-order valence-corrected chi connectivity index (χ1v) is 4.28. The summed E-state index contributed by atoms with van der Waals surface area (Å²) in [7, 11) is 0. The monoisotopic (exact) mass is 184 g/mol. The van der Waals surface area contributed by atoms with E-state index < -0.39 is 0 Å². The van der Waals surface area contributed by atoms with E-state index in [2.05, 4.69) is 16.6 Å². The van der Waals surface area contributed by atoms with Crippen LogP contribution in [0.1, 0.15) is 12.8 Å². The SMILES string of the molecule is O=C1C=C(C#CCCCCl)CO1. The minimum absolute atomic E-state index is 0.295. The molecule has 0 fully saturated rings. The first-order chi connectivity index (χ1) is 5.83. The number of unbranched alkanes of at least 4 members (excludes halogenated alkanes) is 1. The van der Waals surface area contributed by atoms with Gasteiger partial charge in [-0.25, -0.2) is 4.79 Å². The molecule has 0 bridgehead atoms. The van der Waals surface area contributed by atoms with Crippen LogP contribution in [0, 0.1) is 11.8 Å². The number of carbonyl (C=O) groups is 1. The van der Waals surface area contributed by atoms with Crippen molar-refractivity contribution in [2.24, 2.45) is 0 Å². The lowest BCUT2D eigenvalue weighted by Gasteiger charge is -1.87. The number of carbonyl (C=O) groups excluding carboxylic acids is 1. The van der Waals surface area contributed by atoms with Crippen LogP contribution in [0.4, 0.5) is 0 Å². The van der Waals surface area contributed by atoms with Crippen molar-refractivity contribution in [2.45, 2.75) is 12.8 Å². The van der Waals surface area contributed by atoms with Gasteiger partial charge in [0.2, 0.25) is 0 Å². The summed E-state index contributed by atoms with van der Waals surface area (Å²) >= 11 is 5.46. The Morgan fingerprint density at radius 2 is 2.50 bits per heavy atom. The smallest absolute Gasteiger partial charge is 0.332 e. The van der Waals surface area contributed by atoms with E-state index in [9.17, 15) is 4.79 Å². The third-order valence-electron chi connectivity index (χ3n) is 1.35. The number of esters is 1. The molecule has 0 unspecified atom stereocenters. The van der Waals surface area contributed by atoms with E-state index in [1.54, 1.807) is 0 Å². The van der Waals surface area contributed by atoms with Gasteiger partial charge in [0.25, 0.3) is 0 Å². The Balaban J connectivity index is 2.33. The standard InChI is InChI=1S/C9H9ClO2/c10-5-3-1-2-4-8-6-9(11)12-7-8/h6H,1,3,5,7H2. The predicted molar refractivity (Wildman–Crippen MR) is 46.8 cm³/mol. The molecule has 1 rings (SSSR count). The van der Waals surface area contributed by atoms with Crippen LogP contribution in [0.15, 0.2) is 11.6 Å². The molecule has 0 saturated carbocycles. The summed E-state index contributed by atoms with van der Waals surface area (Å²) in [5, 5.41) is 0. The zero-order valence-corrected chi connectivity index (χ0v) is 7.36. The Kier molecular flexibility index (Phi) is 3.69. The Labute approximate surface area is 76.5 Å². The molecule has 0 N–H and O–H groups in total. The van der Waals surface area contributed by atoms with Crippen LogP contribution in [0.3, 0.4) is 0 Å². The van der Waals surface area contributed by atoms with Crippen LogP contribution in [-0.2, 0) is 9.53 Å². The maximum atomic E-state index is 10.6. The van der Waals surface area contributed by atoms with Gasteiger partial charge in [-0.2, -0.15) is 0 Å². The third-order valence-corrected chi connectivity index (χ3v) is 1.61. The molecule has 1 heterocycles. The maximum Gasteiger partial charge on any atom is 0.332 e. The average Bonchev–Trinajstić information content (AvgIpc) is 2.45. The Bertz CT molecular complexity index is 257. The summed E-state index contributed by atoms with van der Waals surface area (Å²) < 4.78 is 4.66. The number of ether oxygens (including phenoxy) is 1. The van der Waals surface area contributed by atoms with Crippen molar-refractivity contribution in [3.63, 3.8) is 0 Å². The highest BCUT2D eigenvalue weighted by Gasteiger charge is 2.09. The molecule has 0 aromatic heterocycles. The highest BCUT2D eigenvalue weighted by Crippen LogP contribution is 2.03. The van der Waals surface area contributed by atoms with E-state index in [-0.39, 0.29) is 5.97 Å². The van der Waals surface area contributed by atoms with Crippen LogP contribution in [-0.4, -0.2) is 18.5 Å². The minimum atomic E-state index is -0.295. The number of rotatable bonds is 2. The molecule has 2 nitrogen and oxygen atoms in total. The topological polar surface area (TPSA) is 26.3 Å². The lowest BCUT2D eigenvalue weighted by molar-refractivity contribution is -0.134.